The van der Waals surface area contributed by atoms with Gasteiger partial charge in [0.25, 0.3) is 15.9 Å². The van der Waals surface area contributed by atoms with E-state index in [1.54, 1.807) is 36.4 Å². The monoisotopic (exact) mass is 410 g/mol. The van der Waals surface area contributed by atoms with Crippen LogP contribution in [0.25, 0.3) is 0 Å². The Labute approximate surface area is 170 Å². The highest BCUT2D eigenvalue weighted by molar-refractivity contribution is 7.92. The average molecular weight is 410 g/mol. The van der Waals surface area contributed by atoms with Crippen LogP contribution in [0.1, 0.15) is 22.8 Å². The molecule has 3 aromatic rings. The third-order valence-corrected chi connectivity index (χ3v) is 5.54. The summed E-state index contributed by atoms with van der Waals surface area (Å²) in [5, 5.41) is 2.84. The molecule has 7 heteroatoms. The van der Waals surface area contributed by atoms with Gasteiger partial charge in [0.05, 0.1) is 11.5 Å². The Kier molecular flexibility index (Phi) is 6.51. The number of sulfonamides is 1. The van der Waals surface area contributed by atoms with Gasteiger partial charge in [-0.2, -0.15) is 0 Å². The second-order valence-electron chi connectivity index (χ2n) is 6.22. The Balaban J connectivity index is 1.70. The van der Waals surface area contributed by atoms with E-state index < -0.39 is 10.0 Å². The van der Waals surface area contributed by atoms with Gasteiger partial charge in [0.1, 0.15) is 5.75 Å². The Hall–Kier alpha value is -3.32. The highest BCUT2D eigenvalue weighted by Crippen LogP contribution is 2.19. The molecular weight excluding hydrogens is 388 g/mol. The van der Waals surface area contributed by atoms with Gasteiger partial charge in [0.15, 0.2) is 0 Å². The summed E-state index contributed by atoms with van der Waals surface area (Å²) in [6.45, 7) is 2.74. The Morgan fingerprint density at radius 1 is 0.931 bits per heavy atom. The van der Waals surface area contributed by atoms with Gasteiger partial charge in [0.2, 0.25) is 0 Å². The fourth-order valence-electron chi connectivity index (χ4n) is 2.76. The summed E-state index contributed by atoms with van der Waals surface area (Å²) in [6, 6.07) is 21.9. The second-order valence-corrected chi connectivity index (χ2v) is 7.91. The third kappa shape index (κ3) is 5.36. The molecular formula is C22H22N2O4S. The van der Waals surface area contributed by atoms with Crippen molar-refractivity contribution in [2.75, 3.05) is 11.3 Å². The van der Waals surface area contributed by atoms with Crippen LogP contribution in [0.15, 0.2) is 83.8 Å². The molecule has 0 radical (unpaired) electrons. The molecule has 0 unspecified atom stereocenters. The number of carbonyl (C=O) groups is 1. The first-order valence-corrected chi connectivity index (χ1v) is 10.6. The molecule has 1 amide bonds. The third-order valence-electron chi connectivity index (χ3n) is 4.14. The smallest absolute Gasteiger partial charge is 0.261 e. The molecule has 0 fully saturated rings. The number of rotatable bonds is 8. The van der Waals surface area contributed by atoms with Gasteiger partial charge in [-0.05, 0) is 43.3 Å². The fraction of sp³-hybridized carbons (Fsp3) is 0.136. The van der Waals surface area contributed by atoms with E-state index >= 15 is 0 Å². The van der Waals surface area contributed by atoms with Gasteiger partial charge in [-0.25, -0.2) is 8.42 Å². The maximum atomic E-state index is 12.5. The number of anilines is 1. The molecule has 0 saturated heterocycles. The predicted molar refractivity (Wildman–Crippen MR) is 112 cm³/mol. The Morgan fingerprint density at radius 2 is 1.66 bits per heavy atom. The number of hydrogen-bond acceptors (Lipinski definition) is 4. The lowest BCUT2D eigenvalue weighted by Crippen LogP contribution is -2.23. The van der Waals surface area contributed by atoms with Crippen molar-refractivity contribution in [1.82, 2.24) is 5.32 Å². The molecule has 0 aliphatic carbocycles. The molecule has 0 aliphatic heterocycles. The minimum absolute atomic E-state index is 0.155. The van der Waals surface area contributed by atoms with E-state index in [-0.39, 0.29) is 10.8 Å². The van der Waals surface area contributed by atoms with Crippen molar-refractivity contribution in [2.24, 2.45) is 0 Å². The quantitative estimate of drug-likeness (QED) is 0.591. The normalized spacial score (nSPS) is 10.9. The molecule has 2 N–H and O–H groups in total. The first kappa shape index (κ1) is 20.4. The molecule has 150 valence electrons. The number of benzene rings is 3. The highest BCUT2D eigenvalue weighted by Gasteiger charge is 2.15. The van der Waals surface area contributed by atoms with Crippen LogP contribution >= 0.6 is 0 Å². The van der Waals surface area contributed by atoms with E-state index in [1.165, 1.54) is 18.2 Å². The molecule has 0 aromatic heterocycles. The lowest BCUT2D eigenvalue weighted by molar-refractivity contribution is 0.0950. The van der Waals surface area contributed by atoms with Gasteiger partial charge in [-0.3, -0.25) is 9.52 Å². The van der Waals surface area contributed by atoms with Crippen molar-refractivity contribution in [2.45, 2.75) is 18.4 Å². The van der Waals surface area contributed by atoms with Crippen molar-refractivity contribution < 1.29 is 17.9 Å². The molecule has 3 aromatic carbocycles. The molecule has 29 heavy (non-hydrogen) atoms. The first-order valence-electron chi connectivity index (χ1n) is 9.16. The van der Waals surface area contributed by atoms with Gasteiger partial charge >= 0.3 is 0 Å². The van der Waals surface area contributed by atoms with E-state index in [0.29, 0.717) is 24.4 Å². The molecule has 0 spiro atoms. The van der Waals surface area contributed by atoms with Crippen molar-refractivity contribution in [3.8, 4) is 5.75 Å². The van der Waals surface area contributed by atoms with Gasteiger partial charge in [0, 0.05) is 23.4 Å². The maximum absolute atomic E-state index is 12.5. The summed E-state index contributed by atoms with van der Waals surface area (Å²) in [6.07, 6.45) is 0. The lowest BCUT2D eigenvalue weighted by atomic mass is 10.1. The standard InChI is InChI=1S/C22H22N2O4S/c1-2-28-21-14-7-6-9-18(21)16-23-22(25)17-10-8-11-19(15-17)24-29(26,27)20-12-4-3-5-13-20/h3-15,24H,2,16H2,1H3,(H,23,25). The second kappa shape index (κ2) is 9.25. The van der Waals surface area contributed by atoms with Crippen LogP contribution in [0.5, 0.6) is 5.75 Å². The number of nitrogens with one attached hydrogen (secondary N) is 2. The summed E-state index contributed by atoms with van der Waals surface area (Å²) in [5.41, 5.74) is 1.53. The summed E-state index contributed by atoms with van der Waals surface area (Å²) < 4.78 is 33.0. The van der Waals surface area contributed by atoms with Crippen LogP contribution in [-0.4, -0.2) is 20.9 Å². The minimum atomic E-state index is -3.72. The molecule has 0 heterocycles. The molecule has 0 saturated carbocycles. The summed E-state index contributed by atoms with van der Waals surface area (Å²) in [5.74, 6) is 0.414. The molecule has 6 nitrogen and oxygen atoms in total. The highest BCUT2D eigenvalue weighted by atomic mass is 32.2. The van der Waals surface area contributed by atoms with Crippen LogP contribution in [-0.2, 0) is 16.6 Å². The number of hydrogen-bond donors (Lipinski definition) is 2. The number of para-hydroxylation sites is 1. The zero-order valence-electron chi connectivity index (χ0n) is 16.0. The topological polar surface area (TPSA) is 84.5 Å². The number of amides is 1. The summed E-state index contributed by atoms with van der Waals surface area (Å²) in [7, 11) is -3.72. The van der Waals surface area contributed by atoms with Crippen LogP contribution in [0.4, 0.5) is 5.69 Å². The minimum Gasteiger partial charge on any atom is -0.494 e. The van der Waals surface area contributed by atoms with Crippen LogP contribution in [0, 0.1) is 0 Å². The van der Waals surface area contributed by atoms with E-state index in [1.807, 2.05) is 31.2 Å². The number of ether oxygens (including phenoxy) is 1. The zero-order valence-corrected chi connectivity index (χ0v) is 16.8. The Bertz CT molecular complexity index is 1080. The van der Waals surface area contributed by atoms with Crippen molar-refractivity contribution in [1.29, 1.82) is 0 Å². The SMILES string of the molecule is CCOc1ccccc1CNC(=O)c1cccc(NS(=O)(=O)c2ccccc2)c1. The first-order chi connectivity index (χ1) is 14.0. The van der Waals surface area contributed by atoms with Crippen molar-refractivity contribution in [3.63, 3.8) is 0 Å². The fourth-order valence-corrected chi connectivity index (χ4v) is 3.83. The van der Waals surface area contributed by atoms with Crippen molar-refractivity contribution >= 4 is 21.6 Å². The van der Waals surface area contributed by atoms with Gasteiger partial charge in [-0.1, -0.05) is 42.5 Å². The van der Waals surface area contributed by atoms with Gasteiger partial charge in [-0.15, -0.1) is 0 Å². The summed E-state index contributed by atoms with van der Waals surface area (Å²) in [4.78, 5) is 12.7. The Morgan fingerprint density at radius 3 is 2.41 bits per heavy atom. The van der Waals surface area contributed by atoms with Crippen LogP contribution in [0.2, 0.25) is 0 Å². The molecule has 3 rings (SSSR count). The lowest BCUT2D eigenvalue weighted by Gasteiger charge is -2.12. The zero-order chi connectivity index (χ0) is 20.7. The maximum Gasteiger partial charge on any atom is 0.261 e. The average Bonchev–Trinajstić information content (AvgIpc) is 2.73. The molecule has 0 aliphatic rings. The van der Waals surface area contributed by atoms with E-state index in [9.17, 15) is 13.2 Å². The predicted octanol–water partition coefficient (Wildman–Crippen LogP) is 3.82. The van der Waals surface area contributed by atoms with Crippen LogP contribution < -0.4 is 14.8 Å². The van der Waals surface area contributed by atoms with Crippen LogP contribution in [0.3, 0.4) is 0 Å². The van der Waals surface area contributed by atoms with Gasteiger partial charge < -0.3 is 10.1 Å². The van der Waals surface area contributed by atoms with E-state index in [4.69, 9.17) is 4.74 Å². The molecule has 0 bridgehead atoms. The summed E-state index contributed by atoms with van der Waals surface area (Å²) >= 11 is 0. The molecule has 0 atom stereocenters. The van der Waals surface area contributed by atoms with E-state index in [2.05, 4.69) is 10.0 Å². The van der Waals surface area contributed by atoms with E-state index in [0.717, 1.165) is 11.3 Å². The van der Waals surface area contributed by atoms with Crippen molar-refractivity contribution in [3.05, 3.63) is 90.0 Å². The largest absolute Gasteiger partial charge is 0.494 e. The number of carbonyl (C=O) groups excluding carboxylic acids is 1.